The molecule has 1 fully saturated rings. The van der Waals surface area contributed by atoms with Crippen LogP contribution in [0.5, 0.6) is 0 Å². The van der Waals surface area contributed by atoms with E-state index in [9.17, 15) is 4.79 Å². The summed E-state index contributed by atoms with van der Waals surface area (Å²) in [6, 6.07) is 15.5. The maximum atomic E-state index is 12.7. The van der Waals surface area contributed by atoms with Crippen LogP contribution in [0.25, 0.3) is 22.8 Å². The van der Waals surface area contributed by atoms with E-state index in [1.54, 1.807) is 12.3 Å². The number of amides is 1. The van der Waals surface area contributed by atoms with E-state index in [1.165, 1.54) is 18.4 Å². The molecule has 4 rings (SSSR count). The topological polar surface area (TPSA) is 64.4 Å². The molecule has 3 aromatic rings. The van der Waals surface area contributed by atoms with Gasteiger partial charge in [0.2, 0.25) is 5.89 Å². The van der Waals surface area contributed by atoms with Crippen LogP contribution in [-0.2, 0) is 4.74 Å². The summed E-state index contributed by atoms with van der Waals surface area (Å²) in [4.78, 5) is 17.1. The number of ether oxygens (including phenoxy) is 1. The second-order valence-corrected chi connectivity index (χ2v) is 7.57. The second-order valence-electron chi connectivity index (χ2n) is 7.57. The minimum absolute atomic E-state index is 0.127. The van der Waals surface area contributed by atoms with Crippen LogP contribution in [0.3, 0.4) is 0 Å². The first kappa shape index (κ1) is 19.4. The van der Waals surface area contributed by atoms with E-state index in [4.69, 9.17) is 9.15 Å². The van der Waals surface area contributed by atoms with Gasteiger partial charge in [-0.2, -0.15) is 0 Å². The van der Waals surface area contributed by atoms with E-state index in [1.807, 2.05) is 49.4 Å². The minimum atomic E-state index is -0.127. The molecule has 1 aromatic heterocycles. The summed E-state index contributed by atoms with van der Waals surface area (Å²) in [7, 11) is 0. The molecule has 2 aromatic carbocycles. The highest BCUT2D eigenvalue weighted by atomic mass is 16.5. The second kappa shape index (κ2) is 9.05. The molecule has 0 radical (unpaired) electrons. The zero-order valence-electron chi connectivity index (χ0n) is 16.7. The van der Waals surface area contributed by atoms with E-state index in [-0.39, 0.29) is 5.91 Å². The Kier molecular flexibility index (Phi) is 6.06. The van der Waals surface area contributed by atoms with Crippen molar-refractivity contribution in [3.8, 4) is 22.8 Å². The van der Waals surface area contributed by atoms with Crippen LogP contribution in [0, 0.1) is 12.8 Å². The molecule has 1 saturated carbocycles. The lowest BCUT2D eigenvalue weighted by molar-refractivity contribution is 0.0937. The fraction of sp³-hybridized carbons (Fsp3) is 0.333. The quantitative estimate of drug-likeness (QED) is 0.530. The Morgan fingerprint density at radius 1 is 1.17 bits per heavy atom. The number of oxazole rings is 1. The highest BCUT2D eigenvalue weighted by Crippen LogP contribution is 2.29. The van der Waals surface area contributed by atoms with E-state index in [2.05, 4.69) is 10.3 Å². The summed E-state index contributed by atoms with van der Waals surface area (Å²) in [5.41, 5.74) is 3.40. The number of carbonyl (C=O) groups excluding carboxylic acids is 1. The van der Waals surface area contributed by atoms with Gasteiger partial charge in [0.05, 0.1) is 11.8 Å². The Balaban J connectivity index is 1.39. The van der Waals surface area contributed by atoms with Crippen molar-refractivity contribution >= 4 is 5.91 Å². The van der Waals surface area contributed by atoms with Gasteiger partial charge in [-0.3, -0.25) is 4.79 Å². The van der Waals surface area contributed by atoms with Gasteiger partial charge in [-0.05, 0) is 44.2 Å². The van der Waals surface area contributed by atoms with Gasteiger partial charge in [-0.1, -0.05) is 42.0 Å². The summed E-state index contributed by atoms with van der Waals surface area (Å²) < 4.78 is 11.6. The van der Waals surface area contributed by atoms with E-state index < -0.39 is 0 Å². The summed E-state index contributed by atoms with van der Waals surface area (Å²) in [6.07, 6.45) is 5.09. The molecule has 1 amide bonds. The van der Waals surface area contributed by atoms with Crippen molar-refractivity contribution < 1.29 is 13.9 Å². The lowest BCUT2D eigenvalue weighted by Gasteiger charge is -2.08. The van der Waals surface area contributed by atoms with Crippen LogP contribution in [0.2, 0.25) is 0 Å². The van der Waals surface area contributed by atoms with Gasteiger partial charge in [-0.15, -0.1) is 0 Å². The fourth-order valence-electron chi connectivity index (χ4n) is 3.12. The van der Waals surface area contributed by atoms with Crippen molar-refractivity contribution in [1.82, 2.24) is 10.3 Å². The van der Waals surface area contributed by atoms with E-state index in [0.29, 0.717) is 35.9 Å². The molecule has 0 unspecified atom stereocenters. The normalized spacial score (nSPS) is 13.4. The van der Waals surface area contributed by atoms with Crippen LogP contribution >= 0.6 is 0 Å². The minimum Gasteiger partial charge on any atom is -0.436 e. The summed E-state index contributed by atoms with van der Waals surface area (Å²) in [5, 5.41) is 2.97. The number of hydrogen-bond donors (Lipinski definition) is 1. The monoisotopic (exact) mass is 390 g/mol. The van der Waals surface area contributed by atoms with Crippen molar-refractivity contribution in [2.24, 2.45) is 5.92 Å². The molecule has 0 spiro atoms. The molecule has 0 atom stereocenters. The molecule has 0 bridgehead atoms. The Labute approximate surface area is 171 Å². The number of rotatable bonds is 9. The lowest BCUT2D eigenvalue weighted by Crippen LogP contribution is -2.25. The average Bonchev–Trinajstić information content (AvgIpc) is 3.44. The number of carbonyl (C=O) groups is 1. The van der Waals surface area contributed by atoms with Crippen LogP contribution in [0.4, 0.5) is 0 Å². The number of aromatic nitrogens is 1. The van der Waals surface area contributed by atoms with Gasteiger partial charge in [-0.25, -0.2) is 4.98 Å². The number of aryl methyl sites for hydroxylation is 1. The molecule has 1 N–H and O–H groups in total. The number of nitrogens with one attached hydrogen (secondary N) is 1. The molecule has 5 nitrogen and oxygen atoms in total. The molecule has 0 saturated heterocycles. The number of benzene rings is 2. The molecular weight excluding hydrogens is 364 g/mol. The third kappa shape index (κ3) is 5.12. The number of hydrogen-bond acceptors (Lipinski definition) is 4. The first-order valence-corrected chi connectivity index (χ1v) is 10.2. The predicted octanol–water partition coefficient (Wildman–Crippen LogP) is 4.86. The third-order valence-electron chi connectivity index (χ3n) is 5.05. The number of nitrogens with zero attached hydrogens (tertiary/aromatic N) is 1. The summed E-state index contributed by atoms with van der Waals surface area (Å²) in [6.45, 7) is 4.16. The first-order chi connectivity index (χ1) is 14.2. The molecule has 1 aliphatic carbocycles. The zero-order valence-corrected chi connectivity index (χ0v) is 16.7. The van der Waals surface area contributed by atoms with Gasteiger partial charge in [0, 0.05) is 30.9 Å². The van der Waals surface area contributed by atoms with Crippen LogP contribution < -0.4 is 5.32 Å². The molecule has 150 valence electrons. The summed E-state index contributed by atoms with van der Waals surface area (Å²) in [5.74, 6) is 1.77. The highest BCUT2D eigenvalue weighted by Gasteiger charge is 2.21. The van der Waals surface area contributed by atoms with Crippen LogP contribution in [0.15, 0.2) is 59.1 Å². The van der Waals surface area contributed by atoms with Crippen molar-refractivity contribution in [1.29, 1.82) is 0 Å². The van der Waals surface area contributed by atoms with Gasteiger partial charge in [0.1, 0.15) is 0 Å². The molecule has 29 heavy (non-hydrogen) atoms. The third-order valence-corrected chi connectivity index (χ3v) is 5.05. The Morgan fingerprint density at radius 3 is 2.76 bits per heavy atom. The van der Waals surface area contributed by atoms with Gasteiger partial charge < -0.3 is 14.5 Å². The highest BCUT2D eigenvalue weighted by molar-refractivity contribution is 6.00. The standard InChI is InChI=1S/C24H26N2O3/c1-17-7-11-19(12-8-17)22-15-26-24(29-22)21-6-3-2-5-20(21)23(27)25-13-4-14-28-16-18-9-10-18/h2-3,5-8,11-12,15,18H,4,9-10,13-14,16H2,1H3,(H,25,27). The Hall–Kier alpha value is -2.92. The van der Waals surface area contributed by atoms with Gasteiger partial charge in [0.25, 0.3) is 5.91 Å². The SMILES string of the molecule is Cc1ccc(-c2cnc(-c3ccccc3C(=O)NCCCOCC3CC3)o2)cc1. The van der Waals surface area contributed by atoms with E-state index in [0.717, 1.165) is 24.5 Å². The van der Waals surface area contributed by atoms with Gasteiger partial charge >= 0.3 is 0 Å². The predicted molar refractivity (Wildman–Crippen MR) is 113 cm³/mol. The molecular formula is C24H26N2O3. The maximum absolute atomic E-state index is 12.7. The van der Waals surface area contributed by atoms with Crippen molar-refractivity contribution in [3.05, 3.63) is 65.9 Å². The largest absolute Gasteiger partial charge is 0.436 e. The fourth-order valence-corrected chi connectivity index (χ4v) is 3.12. The zero-order chi connectivity index (χ0) is 20.1. The molecule has 0 aliphatic heterocycles. The van der Waals surface area contributed by atoms with Crippen molar-refractivity contribution in [2.75, 3.05) is 19.8 Å². The van der Waals surface area contributed by atoms with Gasteiger partial charge in [0.15, 0.2) is 5.76 Å². The van der Waals surface area contributed by atoms with Crippen molar-refractivity contribution in [3.63, 3.8) is 0 Å². The van der Waals surface area contributed by atoms with Crippen LogP contribution in [-0.4, -0.2) is 30.6 Å². The van der Waals surface area contributed by atoms with Crippen LogP contribution in [0.1, 0.15) is 35.2 Å². The molecule has 5 heteroatoms. The maximum Gasteiger partial charge on any atom is 0.252 e. The lowest BCUT2D eigenvalue weighted by atomic mass is 10.1. The molecule has 1 heterocycles. The smallest absolute Gasteiger partial charge is 0.252 e. The Bertz CT molecular complexity index is 958. The van der Waals surface area contributed by atoms with E-state index >= 15 is 0 Å². The Morgan fingerprint density at radius 2 is 1.97 bits per heavy atom. The molecule has 1 aliphatic rings. The van der Waals surface area contributed by atoms with Crippen molar-refractivity contribution in [2.45, 2.75) is 26.2 Å². The summed E-state index contributed by atoms with van der Waals surface area (Å²) >= 11 is 0. The first-order valence-electron chi connectivity index (χ1n) is 10.2. The average molecular weight is 390 g/mol.